The van der Waals surface area contributed by atoms with E-state index >= 15 is 0 Å². The second-order valence-electron chi connectivity index (χ2n) is 4.07. The molecule has 5 heteroatoms. The number of carbonyl (C=O) groups is 1. The van der Waals surface area contributed by atoms with Gasteiger partial charge in [0, 0.05) is 17.5 Å². The lowest BCUT2D eigenvalue weighted by Gasteiger charge is -1.98. The molecule has 1 aromatic carbocycles. The number of aromatic amines is 1. The summed E-state index contributed by atoms with van der Waals surface area (Å²) in [6.07, 6.45) is 2.43. The zero-order valence-electron chi connectivity index (χ0n) is 9.64. The fraction of sp³-hybridized carbons (Fsp3) is 0.0769. The number of halogens is 1. The van der Waals surface area contributed by atoms with Crippen molar-refractivity contribution >= 4 is 12.1 Å². The Morgan fingerprint density at radius 2 is 2.06 bits per heavy atom. The number of hydrogen-bond acceptors (Lipinski definition) is 2. The number of nitrogens with one attached hydrogen (secondary N) is 1. The maximum atomic E-state index is 12.9. The van der Waals surface area contributed by atoms with Crippen molar-refractivity contribution in [2.24, 2.45) is 0 Å². The number of rotatable bonds is 2. The number of hydrogen-bond donors (Lipinski definition) is 1. The summed E-state index contributed by atoms with van der Waals surface area (Å²) in [5, 5.41) is 0. The third-order valence-corrected chi connectivity index (χ3v) is 2.92. The van der Waals surface area contributed by atoms with Crippen LogP contribution >= 0.6 is 0 Å². The molecule has 0 radical (unpaired) electrons. The normalized spacial score (nSPS) is 11.0. The highest BCUT2D eigenvalue weighted by Crippen LogP contribution is 2.23. The maximum Gasteiger partial charge on any atom is 0.212 e. The predicted octanol–water partition coefficient (Wildman–Crippen LogP) is 2.59. The molecule has 3 aromatic rings. The molecule has 0 aliphatic carbocycles. The molecule has 0 aliphatic rings. The molecule has 90 valence electrons. The average molecular weight is 243 g/mol. The lowest BCUT2D eigenvalue weighted by atomic mass is 10.1. The molecule has 0 atom stereocenters. The van der Waals surface area contributed by atoms with Crippen molar-refractivity contribution in [1.82, 2.24) is 14.4 Å². The quantitative estimate of drug-likeness (QED) is 0.703. The predicted molar refractivity (Wildman–Crippen MR) is 65.1 cm³/mol. The Bertz CT molecular complexity index is 725. The monoisotopic (exact) mass is 243 g/mol. The summed E-state index contributed by atoms with van der Waals surface area (Å²) in [4.78, 5) is 18.0. The first-order valence-electron chi connectivity index (χ1n) is 5.48. The highest BCUT2D eigenvalue weighted by molar-refractivity contribution is 5.74. The Morgan fingerprint density at radius 1 is 1.33 bits per heavy atom. The smallest absolute Gasteiger partial charge is 0.212 e. The number of nitrogens with zero attached hydrogens (tertiary/aromatic N) is 2. The van der Waals surface area contributed by atoms with Crippen molar-refractivity contribution in [3.63, 3.8) is 0 Å². The summed E-state index contributed by atoms with van der Waals surface area (Å²) in [5.74, 6) is 0.332. The van der Waals surface area contributed by atoms with Crippen molar-refractivity contribution in [2.45, 2.75) is 6.92 Å². The van der Waals surface area contributed by atoms with Crippen molar-refractivity contribution in [3.05, 3.63) is 47.7 Å². The van der Waals surface area contributed by atoms with Crippen LogP contribution in [-0.4, -0.2) is 20.7 Å². The number of aldehydes is 1. The van der Waals surface area contributed by atoms with Gasteiger partial charge in [-0.3, -0.25) is 9.20 Å². The number of aryl methyl sites for hydroxylation is 1. The Kier molecular flexibility index (Phi) is 2.26. The van der Waals surface area contributed by atoms with E-state index in [0.717, 1.165) is 23.2 Å². The van der Waals surface area contributed by atoms with Gasteiger partial charge in [-0.25, -0.2) is 9.37 Å². The first kappa shape index (κ1) is 10.7. The standard InChI is InChI=1S/C13H10FN3O/c1-8-12(9-2-4-10(14)5-3-9)16-13-15-11(7-18)6-17(8)13/h2-7H,1H3,(H,15,16). The molecule has 1 N–H and O–H groups in total. The van der Waals surface area contributed by atoms with E-state index in [4.69, 9.17) is 0 Å². The van der Waals surface area contributed by atoms with Crippen LogP contribution < -0.4 is 0 Å². The van der Waals surface area contributed by atoms with Crippen LogP contribution in [0.2, 0.25) is 0 Å². The van der Waals surface area contributed by atoms with Gasteiger partial charge in [0.2, 0.25) is 5.78 Å². The fourth-order valence-corrected chi connectivity index (χ4v) is 2.00. The van der Waals surface area contributed by atoms with Crippen LogP contribution in [0.15, 0.2) is 30.5 Å². The molecule has 0 amide bonds. The molecule has 3 rings (SSSR count). The number of benzene rings is 1. The number of fused-ring (bicyclic) bond motifs is 1. The van der Waals surface area contributed by atoms with Gasteiger partial charge in [-0.1, -0.05) is 0 Å². The second-order valence-corrected chi connectivity index (χ2v) is 4.07. The second kappa shape index (κ2) is 3.80. The summed E-state index contributed by atoms with van der Waals surface area (Å²) >= 11 is 0. The largest absolute Gasteiger partial charge is 0.321 e. The Morgan fingerprint density at radius 3 is 2.67 bits per heavy atom. The third-order valence-electron chi connectivity index (χ3n) is 2.92. The Balaban J connectivity index is 2.18. The first-order chi connectivity index (χ1) is 8.69. The molecular weight excluding hydrogens is 233 g/mol. The minimum absolute atomic E-state index is 0.274. The van der Waals surface area contributed by atoms with Crippen LogP contribution in [0.3, 0.4) is 0 Å². The van der Waals surface area contributed by atoms with Gasteiger partial charge in [-0.2, -0.15) is 0 Å². The molecule has 0 saturated carbocycles. The number of aromatic nitrogens is 3. The highest BCUT2D eigenvalue weighted by Gasteiger charge is 2.12. The van der Waals surface area contributed by atoms with Crippen molar-refractivity contribution in [1.29, 1.82) is 0 Å². The van der Waals surface area contributed by atoms with E-state index in [0.29, 0.717) is 11.5 Å². The molecule has 18 heavy (non-hydrogen) atoms. The van der Waals surface area contributed by atoms with Gasteiger partial charge in [-0.05, 0) is 31.2 Å². The molecule has 4 nitrogen and oxygen atoms in total. The zero-order chi connectivity index (χ0) is 12.7. The van der Waals surface area contributed by atoms with Crippen molar-refractivity contribution in [3.8, 4) is 11.3 Å². The van der Waals surface area contributed by atoms with Crippen LogP contribution in [0, 0.1) is 12.7 Å². The van der Waals surface area contributed by atoms with Gasteiger partial charge in [-0.15, -0.1) is 0 Å². The molecule has 0 saturated heterocycles. The van der Waals surface area contributed by atoms with E-state index in [1.54, 1.807) is 18.3 Å². The molecule has 0 aliphatic heterocycles. The van der Waals surface area contributed by atoms with Crippen LogP contribution in [0.4, 0.5) is 4.39 Å². The lowest BCUT2D eigenvalue weighted by Crippen LogP contribution is -1.86. The molecule has 2 aromatic heterocycles. The summed E-state index contributed by atoms with van der Waals surface area (Å²) in [7, 11) is 0. The van der Waals surface area contributed by atoms with Crippen LogP contribution in [-0.2, 0) is 0 Å². The van der Waals surface area contributed by atoms with Gasteiger partial charge < -0.3 is 4.98 Å². The maximum absolute atomic E-state index is 12.9. The van der Waals surface area contributed by atoms with Gasteiger partial charge >= 0.3 is 0 Å². The summed E-state index contributed by atoms with van der Waals surface area (Å²) in [6, 6.07) is 6.17. The summed E-state index contributed by atoms with van der Waals surface area (Å²) < 4.78 is 14.7. The Labute approximate surface area is 102 Å². The molecule has 0 fully saturated rings. The van der Waals surface area contributed by atoms with Gasteiger partial charge in [0.15, 0.2) is 6.29 Å². The van der Waals surface area contributed by atoms with E-state index in [-0.39, 0.29) is 5.82 Å². The SMILES string of the molecule is Cc1c(-c2ccc(F)cc2)nc2[nH]c(C=O)cn12. The molecular formula is C13H10FN3O. The minimum Gasteiger partial charge on any atom is -0.321 e. The lowest BCUT2D eigenvalue weighted by molar-refractivity contribution is 0.111. The van der Waals surface area contributed by atoms with Gasteiger partial charge in [0.25, 0.3) is 0 Å². The van der Waals surface area contributed by atoms with Crippen LogP contribution in [0.1, 0.15) is 16.2 Å². The van der Waals surface area contributed by atoms with E-state index in [1.165, 1.54) is 12.1 Å². The molecule has 0 bridgehead atoms. The van der Waals surface area contributed by atoms with Crippen molar-refractivity contribution < 1.29 is 9.18 Å². The van der Waals surface area contributed by atoms with Crippen molar-refractivity contribution in [2.75, 3.05) is 0 Å². The topological polar surface area (TPSA) is 50.2 Å². The van der Waals surface area contributed by atoms with E-state index in [2.05, 4.69) is 9.97 Å². The molecule has 0 spiro atoms. The Hall–Kier alpha value is -2.43. The first-order valence-corrected chi connectivity index (χ1v) is 5.48. The number of H-pyrrole nitrogens is 1. The molecule has 0 unspecified atom stereocenters. The number of imidazole rings is 2. The highest BCUT2D eigenvalue weighted by atomic mass is 19.1. The van der Waals surface area contributed by atoms with Gasteiger partial charge in [0.1, 0.15) is 5.82 Å². The fourth-order valence-electron chi connectivity index (χ4n) is 2.00. The van der Waals surface area contributed by atoms with E-state index in [9.17, 15) is 9.18 Å². The van der Waals surface area contributed by atoms with Gasteiger partial charge in [0.05, 0.1) is 11.4 Å². The minimum atomic E-state index is -0.274. The third kappa shape index (κ3) is 1.52. The van der Waals surface area contributed by atoms with Crippen LogP contribution in [0.5, 0.6) is 0 Å². The van der Waals surface area contributed by atoms with Crippen LogP contribution in [0.25, 0.3) is 17.0 Å². The summed E-state index contributed by atoms with van der Waals surface area (Å²) in [5.41, 5.74) is 3.00. The molecule has 2 heterocycles. The van der Waals surface area contributed by atoms with E-state index in [1.807, 2.05) is 11.3 Å². The zero-order valence-corrected chi connectivity index (χ0v) is 9.64. The number of carbonyl (C=O) groups excluding carboxylic acids is 1. The van der Waals surface area contributed by atoms with E-state index < -0.39 is 0 Å². The average Bonchev–Trinajstić information content (AvgIpc) is 2.90. The summed E-state index contributed by atoms with van der Waals surface area (Å²) in [6.45, 7) is 1.90.